The van der Waals surface area contributed by atoms with Gasteiger partial charge in [-0.25, -0.2) is 4.98 Å². The number of anilines is 1. The molecule has 1 aliphatic rings. The molecule has 0 unspecified atom stereocenters. The van der Waals surface area contributed by atoms with Gasteiger partial charge in [0, 0.05) is 54.7 Å². The molecule has 0 aliphatic carbocycles. The highest BCUT2D eigenvalue weighted by Crippen LogP contribution is 2.36. The molecule has 10 heteroatoms. The Labute approximate surface area is 225 Å². The maximum absolute atomic E-state index is 13.6. The Morgan fingerprint density at radius 3 is 2.63 bits per heavy atom. The number of carbonyl (C=O) groups is 1. The zero-order valence-electron chi connectivity index (χ0n) is 21.3. The van der Waals surface area contributed by atoms with Crippen LogP contribution in [0, 0.1) is 0 Å². The number of nitrogens with zero attached hydrogens (tertiary/aromatic N) is 3. The van der Waals surface area contributed by atoms with Gasteiger partial charge in [-0.15, -0.1) is 0 Å². The van der Waals surface area contributed by atoms with E-state index in [1.54, 1.807) is 6.20 Å². The smallest absolute Gasteiger partial charge is 0.417 e. The SMILES string of the molecule is CCOc1ncccc1-c1ccc(N2CCN(C(=O)c3ccc(Cl)cc3C(F)(F)F)C[C@H]2CC)c(CN)c1. The maximum Gasteiger partial charge on any atom is 0.417 e. The minimum Gasteiger partial charge on any atom is -0.478 e. The third-order valence-corrected chi connectivity index (χ3v) is 6.97. The lowest BCUT2D eigenvalue weighted by atomic mass is 9.99. The number of piperazine rings is 1. The largest absolute Gasteiger partial charge is 0.478 e. The predicted molar refractivity (Wildman–Crippen MR) is 143 cm³/mol. The molecule has 6 nitrogen and oxygen atoms in total. The Hall–Kier alpha value is -3.30. The Morgan fingerprint density at radius 2 is 1.95 bits per heavy atom. The average molecular weight is 547 g/mol. The summed E-state index contributed by atoms with van der Waals surface area (Å²) in [5, 5.41) is -0.0671. The normalized spacial score (nSPS) is 16.0. The van der Waals surface area contributed by atoms with Gasteiger partial charge in [-0.1, -0.05) is 24.6 Å². The van der Waals surface area contributed by atoms with Crippen LogP contribution in [0.3, 0.4) is 0 Å². The first-order chi connectivity index (χ1) is 18.2. The second-order valence-corrected chi connectivity index (χ2v) is 9.47. The van der Waals surface area contributed by atoms with Crippen LogP contribution in [0.15, 0.2) is 54.7 Å². The first-order valence-corrected chi connectivity index (χ1v) is 12.9. The van der Waals surface area contributed by atoms with Gasteiger partial charge in [0.25, 0.3) is 5.91 Å². The molecule has 1 atom stereocenters. The van der Waals surface area contributed by atoms with E-state index < -0.39 is 23.2 Å². The first-order valence-electron chi connectivity index (χ1n) is 12.5. The molecule has 202 valence electrons. The van der Waals surface area contributed by atoms with Crippen LogP contribution >= 0.6 is 11.6 Å². The van der Waals surface area contributed by atoms with Crippen molar-refractivity contribution in [3.63, 3.8) is 0 Å². The summed E-state index contributed by atoms with van der Waals surface area (Å²) in [5.41, 5.74) is 8.40. The summed E-state index contributed by atoms with van der Waals surface area (Å²) in [6, 6.07) is 13.0. The van der Waals surface area contributed by atoms with Crippen LogP contribution in [0.1, 0.15) is 41.8 Å². The van der Waals surface area contributed by atoms with E-state index in [4.69, 9.17) is 22.1 Å². The minimum atomic E-state index is -4.68. The fourth-order valence-electron chi connectivity index (χ4n) is 4.87. The molecule has 0 radical (unpaired) electrons. The Morgan fingerprint density at radius 1 is 1.16 bits per heavy atom. The first kappa shape index (κ1) is 27.7. The van der Waals surface area contributed by atoms with Crippen LogP contribution in [0.25, 0.3) is 11.1 Å². The number of carbonyl (C=O) groups excluding carboxylic acids is 1. The molecule has 1 aliphatic heterocycles. The summed E-state index contributed by atoms with van der Waals surface area (Å²) in [6.45, 7) is 5.71. The topological polar surface area (TPSA) is 71.7 Å². The van der Waals surface area contributed by atoms with Crippen molar-refractivity contribution in [2.24, 2.45) is 5.73 Å². The second-order valence-electron chi connectivity index (χ2n) is 9.03. The number of benzene rings is 2. The molecule has 1 fully saturated rings. The number of ether oxygens (including phenoxy) is 1. The molecule has 0 saturated carbocycles. The molecular formula is C28H30ClF3N4O2. The second kappa shape index (κ2) is 11.6. The number of alkyl halides is 3. The molecule has 2 aromatic carbocycles. The number of amides is 1. The average Bonchev–Trinajstić information content (AvgIpc) is 2.92. The Kier molecular flexibility index (Phi) is 8.47. The number of hydrogen-bond donors (Lipinski definition) is 1. The highest BCUT2D eigenvalue weighted by molar-refractivity contribution is 6.30. The lowest BCUT2D eigenvalue weighted by molar-refractivity contribution is -0.138. The highest BCUT2D eigenvalue weighted by Gasteiger charge is 2.38. The van der Waals surface area contributed by atoms with E-state index >= 15 is 0 Å². The zero-order chi connectivity index (χ0) is 27.4. The fourth-order valence-corrected chi connectivity index (χ4v) is 5.05. The van der Waals surface area contributed by atoms with Gasteiger partial charge in [0.15, 0.2) is 0 Å². The molecule has 0 spiro atoms. The van der Waals surface area contributed by atoms with Gasteiger partial charge in [0.1, 0.15) is 0 Å². The van der Waals surface area contributed by atoms with Crippen molar-refractivity contribution in [1.29, 1.82) is 0 Å². The summed E-state index contributed by atoms with van der Waals surface area (Å²) >= 11 is 5.80. The standard InChI is InChI=1S/C28H30ClF3N4O2/c1-3-21-17-35(27(37)23-9-8-20(29)15-24(23)28(30,31)32)12-13-36(21)25-10-7-18(14-19(25)16-33)22-6-5-11-34-26(22)38-4-2/h5-11,14-15,21H,3-4,12-13,16-17,33H2,1-2H3/t21-/m1/s1. The fraction of sp³-hybridized carbons (Fsp3) is 0.357. The molecule has 1 saturated heterocycles. The third-order valence-electron chi connectivity index (χ3n) is 6.73. The van der Waals surface area contributed by atoms with Crippen molar-refractivity contribution >= 4 is 23.2 Å². The van der Waals surface area contributed by atoms with Crippen LogP contribution in [0.4, 0.5) is 18.9 Å². The van der Waals surface area contributed by atoms with Crippen molar-refractivity contribution < 1.29 is 22.7 Å². The van der Waals surface area contributed by atoms with Crippen LogP contribution in [0.5, 0.6) is 5.88 Å². The summed E-state index contributed by atoms with van der Waals surface area (Å²) in [7, 11) is 0. The zero-order valence-corrected chi connectivity index (χ0v) is 22.0. The molecule has 3 aromatic rings. The lowest BCUT2D eigenvalue weighted by Crippen LogP contribution is -2.55. The van der Waals surface area contributed by atoms with Crippen molar-refractivity contribution in [2.45, 2.75) is 39.0 Å². The van der Waals surface area contributed by atoms with E-state index in [9.17, 15) is 18.0 Å². The van der Waals surface area contributed by atoms with E-state index in [1.165, 1.54) is 11.0 Å². The lowest BCUT2D eigenvalue weighted by Gasteiger charge is -2.43. The van der Waals surface area contributed by atoms with Crippen LogP contribution in [0.2, 0.25) is 5.02 Å². The third kappa shape index (κ3) is 5.73. The van der Waals surface area contributed by atoms with Crippen LogP contribution in [-0.4, -0.2) is 48.1 Å². The molecule has 1 amide bonds. The Bertz CT molecular complexity index is 1300. The summed E-state index contributed by atoms with van der Waals surface area (Å²) < 4.78 is 46.6. The van der Waals surface area contributed by atoms with Gasteiger partial charge in [-0.05, 0) is 66.9 Å². The minimum absolute atomic E-state index is 0.0671. The summed E-state index contributed by atoms with van der Waals surface area (Å²) in [4.78, 5) is 21.2. The molecule has 2 N–H and O–H groups in total. The monoisotopic (exact) mass is 546 g/mol. The molecule has 2 heterocycles. The van der Waals surface area contributed by atoms with E-state index in [1.807, 2.05) is 44.2 Å². The molecular weight excluding hydrogens is 517 g/mol. The van der Waals surface area contributed by atoms with E-state index in [-0.39, 0.29) is 24.2 Å². The van der Waals surface area contributed by atoms with Crippen molar-refractivity contribution in [3.05, 3.63) is 76.4 Å². The van der Waals surface area contributed by atoms with Crippen LogP contribution < -0.4 is 15.4 Å². The number of pyridine rings is 1. The number of halogens is 4. The van der Waals surface area contributed by atoms with Gasteiger partial charge in [0.2, 0.25) is 5.88 Å². The number of hydrogen-bond acceptors (Lipinski definition) is 5. The van der Waals surface area contributed by atoms with Crippen molar-refractivity contribution in [3.8, 4) is 17.0 Å². The summed E-state index contributed by atoms with van der Waals surface area (Å²) in [5.74, 6) is -0.105. The van der Waals surface area contributed by atoms with Crippen molar-refractivity contribution in [1.82, 2.24) is 9.88 Å². The van der Waals surface area contributed by atoms with E-state index in [2.05, 4.69) is 9.88 Å². The molecule has 4 rings (SSSR count). The van der Waals surface area contributed by atoms with Gasteiger partial charge in [-0.2, -0.15) is 13.2 Å². The Balaban J connectivity index is 1.60. The summed E-state index contributed by atoms with van der Waals surface area (Å²) in [6.07, 6.45) is -2.31. The maximum atomic E-state index is 13.6. The predicted octanol–water partition coefficient (Wildman–Crippen LogP) is 6.02. The van der Waals surface area contributed by atoms with E-state index in [0.29, 0.717) is 32.0 Å². The van der Waals surface area contributed by atoms with Gasteiger partial charge in [-0.3, -0.25) is 4.79 Å². The van der Waals surface area contributed by atoms with E-state index in [0.717, 1.165) is 34.5 Å². The number of rotatable bonds is 7. The molecule has 1 aromatic heterocycles. The number of aromatic nitrogens is 1. The van der Waals surface area contributed by atoms with Gasteiger partial charge < -0.3 is 20.3 Å². The van der Waals surface area contributed by atoms with Crippen LogP contribution in [-0.2, 0) is 12.7 Å². The quantitative estimate of drug-likeness (QED) is 0.392. The molecule has 0 bridgehead atoms. The molecule has 38 heavy (non-hydrogen) atoms. The van der Waals surface area contributed by atoms with Gasteiger partial charge >= 0.3 is 6.18 Å². The van der Waals surface area contributed by atoms with Crippen molar-refractivity contribution in [2.75, 3.05) is 31.1 Å². The highest BCUT2D eigenvalue weighted by atomic mass is 35.5. The van der Waals surface area contributed by atoms with Gasteiger partial charge in [0.05, 0.1) is 17.7 Å². The number of nitrogens with two attached hydrogens (primary N) is 1.